The molecule has 0 aromatic rings. The van der Waals surface area contributed by atoms with Crippen LogP contribution in [0.2, 0.25) is 0 Å². The second-order valence-electron chi connectivity index (χ2n) is 6.33. The van der Waals surface area contributed by atoms with E-state index < -0.39 is 0 Å². The van der Waals surface area contributed by atoms with Gasteiger partial charge in [0.2, 0.25) is 0 Å². The van der Waals surface area contributed by atoms with E-state index in [0.29, 0.717) is 5.41 Å². The number of nitrogens with zero attached hydrogens (tertiary/aromatic N) is 1. The lowest BCUT2D eigenvalue weighted by Gasteiger charge is -2.26. The van der Waals surface area contributed by atoms with E-state index >= 15 is 0 Å². The molecular weight excluding hydrogens is 208 g/mol. The number of hydrogen-bond acceptors (Lipinski definition) is 2. The maximum absolute atomic E-state index is 3.55. The number of nitrogens with one attached hydrogen (secondary N) is 1. The fourth-order valence-corrected chi connectivity index (χ4v) is 3.61. The molecule has 0 aliphatic carbocycles. The Morgan fingerprint density at radius 1 is 1.29 bits per heavy atom. The zero-order valence-corrected chi connectivity index (χ0v) is 11.8. The predicted molar refractivity (Wildman–Crippen MR) is 74.3 cm³/mol. The molecular formula is C15H30N2. The highest BCUT2D eigenvalue weighted by Crippen LogP contribution is 2.36. The zero-order chi connectivity index (χ0) is 12.1. The summed E-state index contributed by atoms with van der Waals surface area (Å²) in [7, 11) is 0. The van der Waals surface area contributed by atoms with E-state index in [1.165, 1.54) is 71.2 Å². The summed E-state index contributed by atoms with van der Waals surface area (Å²) in [5, 5.41) is 3.55. The Bertz CT molecular complexity index is 221. The van der Waals surface area contributed by atoms with E-state index in [4.69, 9.17) is 0 Å². The molecule has 0 amide bonds. The van der Waals surface area contributed by atoms with Crippen LogP contribution in [0.25, 0.3) is 0 Å². The summed E-state index contributed by atoms with van der Waals surface area (Å²) in [5.41, 5.74) is 0.656. The molecule has 0 saturated carbocycles. The molecule has 0 aromatic heterocycles. The molecule has 2 fully saturated rings. The van der Waals surface area contributed by atoms with Gasteiger partial charge < -0.3 is 10.2 Å². The van der Waals surface area contributed by atoms with Crippen molar-refractivity contribution in [1.82, 2.24) is 10.2 Å². The fraction of sp³-hybridized carbons (Fsp3) is 1.00. The predicted octanol–water partition coefficient (Wildman–Crippen LogP) is 2.89. The van der Waals surface area contributed by atoms with Crippen molar-refractivity contribution in [3.63, 3.8) is 0 Å². The van der Waals surface area contributed by atoms with Crippen LogP contribution in [0.15, 0.2) is 0 Å². The van der Waals surface area contributed by atoms with Gasteiger partial charge in [0, 0.05) is 19.6 Å². The molecule has 1 N–H and O–H groups in total. The van der Waals surface area contributed by atoms with Crippen LogP contribution >= 0.6 is 0 Å². The standard InChI is InChI=1S/C15H30N2/c1-3-5-6-14(4-2)11-17-10-8-15(13-17)7-9-16-12-15/h14,16H,3-13H2,1-2H3. The Kier molecular flexibility index (Phi) is 4.87. The fourth-order valence-electron chi connectivity index (χ4n) is 3.61. The first-order valence-corrected chi connectivity index (χ1v) is 7.71. The monoisotopic (exact) mass is 238 g/mol. The maximum atomic E-state index is 3.55. The van der Waals surface area contributed by atoms with E-state index in [0.717, 1.165) is 5.92 Å². The molecule has 2 heteroatoms. The molecule has 2 aliphatic rings. The minimum absolute atomic E-state index is 0.656. The maximum Gasteiger partial charge on any atom is 0.00512 e. The van der Waals surface area contributed by atoms with Crippen molar-refractivity contribution in [1.29, 1.82) is 0 Å². The van der Waals surface area contributed by atoms with Crippen molar-refractivity contribution in [3.05, 3.63) is 0 Å². The van der Waals surface area contributed by atoms with Crippen molar-refractivity contribution >= 4 is 0 Å². The molecule has 0 radical (unpaired) electrons. The number of hydrogen-bond donors (Lipinski definition) is 1. The second kappa shape index (κ2) is 6.19. The Balaban J connectivity index is 1.75. The summed E-state index contributed by atoms with van der Waals surface area (Å²) in [4.78, 5) is 2.75. The summed E-state index contributed by atoms with van der Waals surface area (Å²) in [6, 6.07) is 0. The van der Waals surface area contributed by atoms with Crippen molar-refractivity contribution in [3.8, 4) is 0 Å². The first-order valence-electron chi connectivity index (χ1n) is 7.71. The molecule has 2 unspecified atom stereocenters. The minimum Gasteiger partial charge on any atom is -0.316 e. The Morgan fingerprint density at radius 3 is 2.82 bits per heavy atom. The summed E-state index contributed by atoms with van der Waals surface area (Å²) in [6.07, 6.45) is 8.42. The average Bonchev–Trinajstić information content (AvgIpc) is 2.96. The normalized spacial score (nSPS) is 31.4. The van der Waals surface area contributed by atoms with Crippen LogP contribution in [0.4, 0.5) is 0 Å². The third-order valence-corrected chi connectivity index (χ3v) is 4.91. The molecule has 1 spiro atoms. The summed E-state index contributed by atoms with van der Waals surface area (Å²) >= 11 is 0. The van der Waals surface area contributed by atoms with Gasteiger partial charge in [0.25, 0.3) is 0 Å². The van der Waals surface area contributed by atoms with Crippen molar-refractivity contribution in [2.75, 3.05) is 32.7 Å². The van der Waals surface area contributed by atoms with Gasteiger partial charge in [-0.25, -0.2) is 0 Å². The van der Waals surface area contributed by atoms with Crippen LogP contribution in [0, 0.1) is 11.3 Å². The Labute approximate surface area is 107 Å². The molecule has 100 valence electrons. The van der Waals surface area contributed by atoms with E-state index in [1.807, 2.05) is 0 Å². The topological polar surface area (TPSA) is 15.3 Å². The van der Waals surface area contributed by atoms with Gasteiger partial charge in [0.1, 0.15) is 0 Å². The molecule has 2 saturated heterocycles. The highest BCUT2D eigenvalue weighted by atomic mass is 15.2. The van der Waals surface area contributed by atoms with Gasteiger partial charge in [-0.05, 0) is 43.7 Å². The summed E-state index contributed by atoms with van der Waals surface area (Å²) in [5.74, 6) is 0.944. The SMILES string of the molecule is CCCCC(CC)CN1CCC2(CCNC2)C1. The molecule has 17 heavy (non-hydrogen) atoms. The first kappa shape index (κ1) is 13.4. The lowest BCUT2D eigenvalue weighted by molar-refractivity contribution is 0.229. The molecule has 2 heterocycles. The average molecular weight is 238 g/mol. The molecule has 2 atom stereocenters. The van der Waals surface area contributed by atoms with E-state index in [9.17, 15) is 0 Å². The largest absolute Gasteiger partial charge is 0.316 e. The van der Waals surface area contributed by atoms with E-state index in [-0.39, 0.29) is 0 Å². The van der Waals surface area contributed by atoms with Gasteiger partial charge in [-0.1, -0.05) is 33.1 Å². The Hall–Kier alpha value is -0.0800. The van der Waals surface area contributed by atoms with Crippen molar-refractivity contribution in [2.24, 2.45) is 11.3 Å². The second-order valence-corrected chi connectivity index (χ2v) is 6.33. The number of likely N-dealkylation sites (tertiary alicyclic amines) is 1. The van der Waals surface area contributed by atoms with Crippen molar-refractivity contribution < 1.29 is 0 Å². The summed E-state index contributed by atoms with van der Waals surface area (Å²) in [6.45, 7) is 11.3. The molecule has 0 bridgehead atoms. The third-order valence-electron chi connectivity index (χ3n) is 4.91. The third kappa shape index (κ3) is 3.45. The van der Waals surface area contributed by atoms with Crippen LogP contribution in [0.5, 0.6) is 0 Å². The van der Waals surface area contributed by atoms with Crippen LogP contribution in [0.3, 0.4) is 0 Å². The van der Waals surface area contributed by atoms with Crippen LogP contribution in [0.1, 0.15) is 52.4 Å². The van der Waals surface area contributed by atoms with Gasteiger partial charge in [0.05, 0.1) is 0 Å². The van der Waals surface area contributed by atoms with Gasteiger partial charge >= 0.3 is 0 Å². The zero-order valence-electron chi connectivity index (χ0n) is 11.8. The van der Waals surface area contributed by atoms with E-state index in [1.54, 1.807) is 0 Å². The Morgan fingerprint density at radius 2 is 2.18 bits per heavy atom. The highest BCUT2D eigenvalue weighted by molar-refractivity contribution is 4.95. The van der Waals surface area contributed by atoms with Gasteiger partial charge in [-0.15, -0.1) is 0 Å². The van der Waals surface area contributed by atoms with Crippen LogP contribution in [-0.4, -0.2) is 37.6 Å². The lowest BCUT2D eigenvalue weighted by Crippen LogP contribution is -2.32. The minimum atomic E-state index is 0.656. The molecule has 2 rings (SSSR count). The molecule has 0 aromatic carbocycles. The molecule has 2 aliphatic heterocycles. The summed E-state index contributed by atoms with van der Waals surface area (Å²) < 4.78 is 0. The lowest BCUT2D eigenvalue weighted by atomic mass is 9.86. The van der Waals surface area contributed by atoms with Crippen LogP contribution in [-0.2, 0) is 0 Å². The van der Waals surface area contributed by atoms with Gasteiger partial charge in [-0.2, -0.15) is 0 Å². The van der Waals surface area contributed by atoms with E-state index in [2.05, 4.69) is 24.1 Å². The number of unbranched alkanes of at least 4 members (excludes halogenated alkanes) is 1. The quantitative estimate of drug-likeness (QED) is 0.765. The first-order chi connectivity index (χ1) is 8.28. The highest BCUT2D eigenvalue weighted by Gasteiger charge is 2.40. The van der Waals surface area contributed by atoms with Crippen LogP contribution < -0.4 is 5.32 Å². The van der Waals surface area contributed by atoms with Gasteiger partial charge in [-0.3, -0.25) is 0 Å². The van der Waals surface area contributed by atoms with Gasteiger partial charge in [0.15, 0.2) is 0 Å². The number of rotatable bonds is 6. The molecule has 2 nitrogen and oxygen atoms in total. The van der Waals surface area contributed by atoms with Crippen molar-refractivity contribution in [2.45, 2.75) is 52.4 Å². The smallest absolute Gasteiger partial charge is 0.00512 e.